The number of hydrogen-bond donors (Lipinski definition) is 2. The van der Waals surface area contributed by atoms with Crippen LogP contribution in [0.5, 0.6) is 0 Å². The van der Waals surface area contributed by atoms with E-state index in [0.29, 0.717) is 5.56 Å². The lowest BCUT2D eigenvalue weighted by atomic mass is 10.1. The van der Waals surface area contributed by atoms with E-state index >= 15 is 0 Å². The van der Waals surface area contributed by atoms with Crippen molar-refractivity contribution in [2.24, 2.45) is 10.9 Å². The molecule has 0 amide bonds. The Morgan fingerprint density at radius 3 is 2.72 bits per heavy atom. The summed E-state index contributed by atoms with van der Waals surface area (Å²) in [6, 6.07) is 5.63. The van der Waals surface area contributed by atoms with Gasteiger partial charge in [-0.15, -0.1) is 10.2 Å². The van der Waals surface area contributed by atoms with Crippen LogP contribution < -0.4 is 5.73 Å². The van der Waals surface area contributed by atoms with Crippen molar-refractivity contribution in [2.45, 2.75) is 23.1 Å². The van der Waals surface area contributed by atoms with Crippen LogP contribution >= 0.6 is 23.1 Å². The van der Waals surface area contributed by atoms with Crippen molar-refractivity contribution in [3.05, 3.63) is 34.3 Å². The van der Waals surface area contributed by atoms with Crippen LogP contribution in [0, 0.1) is 13.8 Å². The van der Waals surface area contributed by atoms with Gasteiger partial charge in [0.15, 0.2) is 10.2 Å². The van der Waals surface area contributed by atoms with Gasteiger partial charge in [-0.05, 0) is 31.5 Å². The summed E-state index contributed by atoms with van der Waals surface area (Å²) in [5.41, 5.74) is 7.30. The Hall–Kier alpha value is -1.60. The average Bonchev–Trinajstić information content (AvgIpc) is 2.76. The van der Waals surface area contributed by atoms with Gasteiger partial charge in [0.1, 0.15) is 5.01 Å². The third-order valence-electron chi connectivity index (χ3n) is 2.28. The number of aromatic nitrogens is 2. The maximum absolute atomic E-state index is 8.63. The van der Waals surface area contributed by atoms with Crippen molar-refractivity contribution in [3.8, 4) is 0 Å². The highest BCUT2D eigenvalue weighted by molar-refractivity contribution is 8.01. The van der Waals surface area contributed by atoms with Crippen LogP contribution in [0.3, 0.4) is 0 Å². The van der Waals surface area contributed by atoms with Gasteiger partial charge in [-0.1, -0.05) is 34.3 Å². The van der Waals surface area contributed by atoms with Crippen molar-refractivity contribution >= 4 is 28.9 Å². The molecule has 3 N–H and O–H groups in total. The standard InChI is InChI=1S/C11H12N4OS2/c1-6-5-8(10(12)15-16)3-4-9(6)18-11-14-13-7(2)17-11/h3-5,16H,1-2H3,(H2,12,15). The van der Waals surface area contributed by atoms with Gasteiger partial charge < -0.3 is 10.9 Å². The summed E-state index contributed by atoms with van der Waals surface area (Å²) in [6.45, 7) is 3.90. The summed E-state index contributed by atoms with van der Waals surface area (Å²) in [5.74, 6) is 0.112. The zero-order valence-electron chi connectivity index (χ0n) is 9.91. The molecule has 1 aromatic heterocycles. The molecule has 0 bridgehead atoms. The Bertz CT molecular complexity index is 594. The van der Waals surface area contributed by atoms with E-state index in [1.165, 1.54) is 0 Å². The normalized spacial score (nSPS) is 11.8. The van der Waals surface area contributed by atoms with Crippen molar-refractivity contribution in [2.75, 3.05) is 0 Å². The monoisotopic (exact) mass is 280 g/mol. The second-order valence-corrected chi connectivity index (χ2v) is 6.13. The third-order valence-corrected chi connectivity index (χ3v) is 4.35. The van der Waals surface area contributed by atoms with E-state index < -0.39 is 0 Å². The fraction of sp³-hybridized carbons (Fsp3) is 0.182. The highest BCUT2D eigenvalue weighted by Gasteiger charge is 2.08. The van der Waals surface area contributed by atoms with E-state index in [0.717, 1.165) is 19.8 Å². The molecule has 0 radical (unpaired) electrons. The fourth-order valence-corrected chi connectivity index (χ4v) is 3.23. The van der Waals surface area contributed by atoms with E-state index in [4.69, 9.17) is 10.9 Å². The number of aryl methyl sites for hydroxylation is 2. The number of amidine groups is 1. The smallest absolute Gasteiger partial charge is 0.179 e. The van der Waals surface area contributed by atoms with Gasteiger partial charge in [-0.3, -0.25) is 0 Å². The lowest BCUT2D eigenvalue weighted by Crippen LogP contribution is -2.13. The molecule has 5 nitrogen and oxygen atoms in total. The maximum atomic E-state index is 8.63. The predicted molar refractivity (Wildman–Crippen MR) is 72.5 cm³/mol. The SMILES string of the molecule is Cc1nnc(Sc2ccc(/C(N)=N/O)cc2C)s1. The molecule has 7 heteroatoms. The first kappa shape index (κ1) is 12.8. The van der Waals surface area contributed by atoms with Gasteiger partial charge in [0.2, 0.25) is 0 Å². The summed E-state index contributed by atoms with van der Waals surface area (Å²) in [5, 5.41) is 20.6. The molecule has 0 unspecified atom stereocenters. The van der Waals surface area contributed by atoms with Crippen LogP contribution in [0.15, 0.2) is 32.6 Å². The molecule has 0 saturated heterocycles. The van der Waals surface area contributed by atoms with Crippen molar-refractivity contribution < 1.29 is 5.21 Å². The van der Waals surface area contributed by atoms with Crippen LogP contribution in [0.1, 0.15) is 16.1 Å². The van der Waals surface area contributed by atoms with Crippen LogP contribution in [-0.2, 0) is 0 Å². The molecule has 1 heterocycles. The Labute approximate surface area is 113 Å². The summed E-state index contributed by atoms with van der Waals surface area (Å²) in [6.07, 6.45) is 0. The van der Waals surface area contributed by atoms with Gasteiger partial charge in [0.05, 0.1) is 0 Å². The minimum absolute atomic E-state index is 0.112. The second kappa shape index (κ2) is 5.36. The Morgan fingerprint density at radius 2 is 2.17 bits per heavy atom. The topological polar surface area (TPSA) is 84.4 Å². The molecule has 0 aliphatic heterocycles. The van der Waals surface area contributed by atoms with Crippen LogP contribution in [0.4, 0.5) is 0 Å². The Kier molecular flexibility index (Phi) is 3.83. The largest absolute Gasteiger partial charge is 0.409 e. The molecule has 1 aromatic carbocycles. The number of nitrogens with zero attached hydrogens (tertiary/aromatic N) is 3. The van der Waals surface area contributed by atoms with E-state index in [9.17, 15) is 0 Å². The van der Waals surface area contributed by atoms with Gasteiger partial charge in [0, 0.05) is 10.5 Å². The van der Waals surface area contributed by atoms with Crippen molar-refractivity contribution in [3.63, 3.8) is 0 Å². The molecule has 0 atom stereocenters. The lowest BCUT2D eigenvalue weighted by Gasteiger charge is -2.05. The van der Waals surface area contributed by atoms with E-state index in [1.807, 2.05) is 32.0 Å². The number of rotatable bonds is 3. The molecular weight excluding hydrogens is 268 g/mol. The van der Waals surface area contributed by atoms with Crippen molar-refractivity contribution in [1.29, 1.82) is 0 Å². The molecule has 0 aliphatic carbocycles. The number of nitrogens with two attached hydrogens (primary N) is 1. The van der Waals surface area contributed by atoms with Gasteiger partial charge >= 0.3 is 0 Å². The predicted octanol–water partition coefficient (Wildman–Crippen LogP) is 2.40. The van der Waals surface area contributed by atoms with Gasteiger partial charge in [0.25, 0.3) is 0 Å². The summed E-state index contributed by atoms with van der Waals surface area (Å²) < 4.78 is 0.909. The van der Waals surface area contributed by atoms with Crippen LogP contribution in [-0.4, -0.2) is 21.2 Å². The quantitative estimate of drug-likeness (QED) is 0.390. The van der Waals surface area contributed by atoms with Crippen LogP contribution in [0.2, 0.25) is 0 Å². The van der Waals surface area contributed by atoms with Gasteiger partial charge in [-0.2, -0.15) is 0 Å². The molecule has 0 spiro atoms. The first-order valence-electron chi connectivity index (χ1n) is 5.16. The minimum Gasteiger partial charge on any atom is -0.409 e. The number of benzene rings is 1. The maximum Gasteiger partial charge on any atom is 0.179 e. The lowest BCUT2D eigenvalue weighted by molar-refractivity contribution is 0.318. The fourth-order valence-electron chi connectivity index (χ4n) is 1.39. The number of oxime groups is 1. The summed E-state index contributed by atoms with van der Waals surface area (Å²) in [4.78, 5) is 1.08. The zero-order valence-corrected chi connectivity index (χ0v) is 11.5. The molecule has 18 heavy (non-hydrogen) atoms. The van der Waals surface area contributed by atoms with Gasteiger partial charge in [-0.25, -0.2) is 0 Å². The molecule has 94 valence electrons. The average molecular weight is 280 g/mol. The van der Waals surface area contributed by atoms with E-state index in [2.05, 4.69) is 15.4 Å². The van der Waals surface area contributed by atoms with Crippen molar-refractivity contribution in [1.82, 2.24) is 10.2 Å². The molecule has 0 aliphatic rings. The van der Waals surface area contributed by atoms with Crippen LogP contribution in [0.25, 0.3) is 0 Å². The molecular formula is C11H12N4OS2. The summed E-state index contributed by atoms with van der Waals surface area (Å²) in [7, 11) is 0. The second-order valence-electron chi connectivity index (χ2n) is 3.65. The molecule has 2 rings (SSSR count). The number of hydrogen-bond acceptors (Lipinski definition) is 6. The zero-order chi connectivity index (χ0) is 13.1. The Morgan fingerprint density at radius 1 is 1.39 bits per heavy atom. The minimum atomic E-state index is 0.112. The third kappa shape index (κ3) is 2.80. The first-order valence-corrected chi connectivity index (χ1v) is 6.80. The Balaban J connectivity index is 2.25. The van der Waals surface area contributed by atoms with E-state index in [1.54, 1.807) is 23.1 Å². The first-order chi connectivity index (χ1) is 8.60. The highest BCUT2D eigenvalue weighted by Crippen LogP contribution is 2.32. The molecule has 2 aromatic rings. The molecule has 0 fully saturated rings. The van der Waals surface area contributed by atoms with E-state index in [-0.39, 0.29) is 5.84 Å². The molecule has 0 saturated carbocycles. The summed E-state index contributed by atoms with van der Waals surface area (Å²) >= 11 is 3.12. The highest BCUT2D eigenvalue weighted by atomic mass is 32.2.